The lowest BCUT2D eigenvalue weighted by atomic mass is 10.1. The molecule has 1 amide bonds. The molecular weight excluding hydrogens is 506 g/mol. The van der Waals surface area contributed by atoms with Crippen LogP contribution in [-0.4, -0.2) is 38.9 Å². The smallest absolute Gasteiger partial charge is 0.246 e. The van der Waals surface area contributed by atoms with E-state index in [4.69, 9.17) is 11.6 Å². The third-order valence-electron chi connectivity index (χ3n) is 6.05. The van der Waals surface area contributed by atoms with E-state index in [0.29, 0.717) is 16.3 Å². The Bertz CT molecular complexity index is 1350. The highest BCUT2D eigenvalue weighted by molar-refractivity contribution is 6.30. The molecule has 0 bridgehead atoms. The maximum Gasteiger partial charge on any atom is 0.246 e. The number of fused-ring (bicyclic) bond motifs is 1. The molecule has 10 heteroatoms. The van der Waals surface area contributed by atoms with Gasteiger partial charge in [-0.1, -0.05) is 41.9 Å². The summed E-state index contributed by atoms with van der Waals surface area (Å²) in [5.41, 5.74) is 3.86. The number of amides is 1. The topological polar surface area (TPSA) is 92.7 Å². The van der Waals surface area contributed by atoms with Crippen molar-refractivity contribution < 1.29 is 19.4 Å². The first-order valence-electron chi connectivity index (χ1n) is 11.0. The van der Waals surface area contributed by atoms with E-state index in [1.165, 1.54) is 23.1 Å². The molecule has 2 unspecified atom stereocenters. The molecule has 0 fully saturated rings. The van der Waals surface area contributed by atoms with Crippen molar-refractivity contribution in [1.29, 1.82) is 0 Å². The predicted octanol–water partition coefficient (Wildman–Crippen LogP) is 4.70. The van der Waals surface area contributed by atoms with E-state index < -0.39 is 18.1 Å². The number of aliphatic hydroxyl groups is 2. The highest BCUT2D eigenvalue weighted by Crippen LogP contribution is 2.39. The number of rotatable bonds is 6. The number of nitrogens with zero attached hydrogens (tertiary/aromatic N) is 3. The number of imidazole rings is 1. The number of carbonyl (C=O) groups is 1. The number of aromatic nitrogens is 2. The second-order valence-corrected chi connectivity index (χ2v) is 8.75. The molecular formula is C26H23Cl2FN4O3. The number of aliphatic hydroxyl groups excluding tert-OH is 2. The van der Waals surface area contributed by atoms with Crippen LogP contribution >= 0.6 is 24.0 Å². The van der Waals surface area contributed by atoms with Gasteiger partial charge in [0, 0.05) is 22.0 Å². The van der Waals surface area contributed by atoms with Crippen molar-refractivity contribution in [3.05, 3.63) is 101 Å². The van der Waals surface area contributed by atoms with Gasteiger partial charge in [-0.15, -0.1) is 12.4 Å². The third-order valence-corrected chi connectivity index (χ3v) is 6.28. The van der Waals surface area contributed by atoms with Gasteiger partial charge in [-0.2, -0.15) is 0 Å². The second kappa shape index (κ2) is 10.7. The molecule has 1 aliphatic heterocycles. The van der Waals surface area contributed by atoms with Gasteiger partial charge in [0.2, 0.25) is 5.91 Å². The lowest BCUT2D eigenvalue weighted by Gasteiger charge is -2.29. The standard InChI is InChI=1S/C26H22ClFN4O3.ClH/c27-18-3-1-2-16(10-18)13-31(20-7-4-17(5-8-20)22-12-29-15-30-22)24(33)14-32-23-11-19(28)6-9-21(23)25(34)26(32)35;/h1-12,15,25-26,34-35H,13-14H2,(H,29,30);1H. The lowest BCUT2D eigenvalue weighted by molar-refractivity contribution is -0.118. The number of benzene rings is 3. The van der Waals surface area contributed by atoms with Gasteiger partial charge in [-0.25, -0.2) is 9.37 Å². The minimum Gasteiger partial charge on any atom is -0.384 e. The van der Waals surface area contributed by atoms with Gasteiger partial charge in [-0.05, 0) is 47.5 Å². The molecule has 3 aromatic carbocycles. The Labute approximate surface area is 218 Å². The van der Waals surface area contributed by atoms with Crippen LogP contribution < -0.4 is 9.80 Å². The molecule has 1 aliphatic rings. The van der Waals surface area contributed by atoms with Crippen LogP contribution in [0.15, 0.2) is 79.3 Å². The molecule has 2 atom stereocenters. The number of hydrogen-bond donors (Lipinski definition) is 3. The molecule has 3 N–H and O–H groups in total. The SMILES string of the molecule is Cl.O=C(CN1c2cc(F)ccc2C(O)C1O)N(Cc1cccc(Cl)c1)c1ccc(-c2cnc[nH]2)cc1. The molecule has 1 aromatic heterocycles. The quantitative estimate of drug-likeness (QED) is 0.337. The van der Waals surface area contributed by atoms with Gasteiger partial charge in [0.05, 0.1) is 24.8 Å². The van der Waals surface area contributed by atoms with E-state index in [-0.39, 0.29) is 37.1 Å². The Kier molecular flexibility index (Phi) is 7.61. The van der Waals surface area contributed by atoms with Crippen molar-refractivity contribution in [2.75, 3.05) is 16.3 Å². The van der Waals surface area contributed by atoms with Crippen molar-refractivity contribution in [2.45, 2.75) is 18.9 Å². The van der Waals surface area contributed by atoms with Crippen LogP contribution in [-0.2, 0) is 11.3 Å². The van der Waals surface area contributed by atoms with Crippen molar-refractivity contribution in [3.8, 4) is 11.3 Å². The van der Waals surface area contributed by atoms with Crippen LogP contribution in [0.2, 0.25) is 5.02 Å². The molecule has 0 saturated heterocycles. The summed E-state index contributed by atoms with van der Waals surface area (Å²) in [4.78, 5) is 23.6. The highest BCUT2D eigenvalue weighted by atomic mass is 35.5. The normalized spacial score (nSPS) is 16.4. The number of nitrogens with one attached hydrogen (secondary N) is 1. The van der Waals surface area contributed by atoms with E-state index >= 15 is 0 Å². The van der Waals surface area contributed by atoms with Gasteiger partial charge < -0.3 is 25.0 Å². The van der Waals surface area contributed by atoms with Crippen LogP contribution in [0.1, 0.15) is 17.2 Å². The van der Waals surface area contributed by atoms with E-state index in [0.717, 1.165) is 16.8 Å². The number of hydrogen-bond acceptors (Lipinski definition) is 5. The summed E-state index contributed by atoms with van der Waals surface area (Å²) in [7, 11) is 0. The first-order valence-corrected chi connectivity index (χ1v) is 11.3. The van der Waals surface area contributed by atoms with Crippen LogP contribution in [0, 0.1) is 5.82 Å². The lowest BCUT2D eigenvalue weighted by Crippen LogP contribution is -2.44. The molecule has 7 nitrogen and oxygen atoms in total. The van der Waals surface area contributed by atoms with Crippen LogP contribution in [0.5, 0.6) is 0 Å². The second-order valence-electron chi connectivity index (χ2n) is 8.31. The Morgan fingerprint density at radius 3 is 2.58 bits per heavy atom. The van der Waals surface area contributed by atoms with E-state index in [9.17, 15) is 19.4 Å². The van der Waals surface area contributed by atoms with Gasteiger partial charge in [-0.3, -0.25) is 4.79 Å². The summed E-state index contributed by atoms with van der Waals surface area (Å²) < 4.78 is 13.9. The fourth-order valence-corrected chi connectivity index (χ4v) is 4.49. The highest BCUT2D eigenvalue weighted by Gasteiger charge is 2.38. The van der Waals surface area contributed by atoms with Gasteiger partial charge in [0.1, 0.15) is 18.5 Å². The minimum absolute atomic E-state index is 0. The number of H-pyrrole nitrogens is 1. The molecule has 0 spiro atoms. The van der Waals surface area contributed by atoms with Gasteiger partial charge in [0.25, 0.3) is 0 Å². The summed E-state index contributed by atoms with van der Waals surface area (Å²) in [6.45, 7) is -0.0388. The van der Waals surface area contributed by atoms with E-state index in [1.807, 2.05) is 30.3 Å². The molecule has 2 heterocycles. The van der Waals surface area contributed by atoms with Crippen molar-refractivity contribution in [1.82, 2.24) is 9.97 Å². The average Bonchev–Trinajstić information content (AvgIpc) is 3.47. The number of carbonyl (C=O) groups excluding carboxylic acids is 1. The molecule has 0 aliphatic carbocycles. The molecule has 0 saturated carbocycles. The number of aromatic amines is 1. The fourth-order valence-electron chi connectivity index (χ4n) is 4.28. The zero-order valence-corrected chi connectivity index (χ0v) is 20.5. The van der Waals surface area contributed by atoms with Crippen LogP contribution in [0.3, 0.4) is 0 Å². The Morgan fingerprint density at radius 1 is 1.11 bits per heavy atom. The minimum atomic E-state index is -1.37. The summed E-state index contributed by atoms with van der Waals surface area (Å²) in [5, 5.41) is 21.5. The Hall–Kier alpha value is -3.43. The molecule has 5 rings (SSSR count). The number of halogens is 3. The van der Waals surface area contributed by atoms with Crippen LogP contribution in [0.4, 0.5) is 15.8 Å². The summed E-state index contributed by atoms with van der Waals surface area (Å²) >= 11 is 6.16. The summed E-state index contributed by atoms with van der Waals surface area (Å²) in [6.07, 6.45) is 0.690. The zero-order valence-electron chi connectivity index (χ0n) is 18.9. The maximum absolute atomic E-state index is 13.9. The molecule has 0 radical (unpaired) electrons. The predicted molar refractivity (Wildman–Crippen MR) is 139 cm³/mol. The maximum atomic E-state index is 13.9. The fraction of sp³-hybridized carbons (Fsp3) is 0.154. The average molecular weight is 529 g/mol. The first-order chi connectivity index (χ1) is 16.9. The molecule has 36 heavy (non-hydrogen) atoms. The molecule has 4 aromatic rings. The van der Waals surface area contributed by atoms with E-state index in [2.05, 4.69) is 9.97 Å². The number of anilines is 2. The Balaban J connectivity index is 0.00000304. The van der Waals surface area contributed by atoms with Crippen LogP contribution in [0.25, 0.3) is 11.3 Å². The zero-order chi connectivity index (χ0) is 24.5. The van der Waals surface area contributed by atoms with E-state index in [1.54, 1.807) is 35.6 Å². The van der Waals surface area contributed by atoms with Crippen molar-refractivity contribution >= 4 is 41.3 Å². The van der Waals surface area contributed by atoms with Crippen molar-refractivity contribution in [3.63, 3.8) is 0 Å². The van der Waals surface area contributed by atoms with Crippen molar-refractivity contribution in [2.24, 2.45) is 0 Å². The van der Waals surface area contributed by atoms with Gasteiger partial charge >= 0.3 is 0 Å². The third kappa shape index (κ3) is 5.08. The molecule has 186 valence electrons. The Morgan fingerprint density at radius 2 is 1.89 bits per heavy atom. The largest absolute Gasteiger partial charge is 0.384 e. The van der Waals surface area contributed by atoms with Gasteiger partial charge in [0.15, 0.2) is 6.23 Å². The monoisotopic (exact) mass is 528 g/mol. The summed E-state index contributed by atoms with van der Waals surface area (Å²) in [6, 6.07) is 18.4. The first kappa shape index (κ1) is 25.7. The summed E-state index contributed by atoms with van der Waals surface area (Å²) in [5.74, 6) is -0.865.